The number of nitrogens with one attached hydrogen (secondary N) is 1. The monoisotopic (exact) mass is 302 g/mol. The second-order valence-corrected chi connectivity index (χ2v) is 6.18. The smallest absolute Gasteiger partial charge is 0.254 e. The first-order valence-corrected chi connectivity index (χ1v) is 8.17. The number of benzene rings is 1. The molecule has 1 fully saturated rings. The first kappa shape index (κ1) is 16.5. The fourth-order valence-electron chi connectivity index (χ4n) is 2.96. The third kappa shape index (κ3) is 3.87. The lowest BCUT2D eigenvalue weighted by atomic mass is 9.95. The molecule has 0 spiro atoms. The van der Waals surface area contributed by atoms with Gasteiger partial charge in [-0.05, 0) is 44.7 Å². The molecule has 0 saturated carbocycles. The summed E-state index contributed by atoms with van der Waals surface area (Å²) >= 11 is 0. The summed E-state index contributed by atoms with van der Waals surface area (Å²) in [4.78, 5) is 26.5. The second kappa shape index (κ2) is 7.43. The van der Waals surface area contributed by atoms with E-state index in [2.05, 4.69) is 5.32 Å². The molecular formula is C18H26N2O2. The van der Waals surface area contributed by atoms with Gasteiger partial charge in [-0.3, -0.25) is 9.59 Å². The summed E-state index contributed by atoms with van der Waals surface area (Å²) in [6, 6.07) is 5.93. The van der Waals surface area contributed by atoms with Crippen LogP contribution in [0.4, 0.5) is 0 Å². The molecule has 4 heteroatoms. The van der Waals surface area contributed by atoms with Gasteiger partial charge in [0, 0.05) is 31.1 Å². The van der Waals surface area contributed by atoms with E-state index in [1.807, 2.05) is 43.9 Å². The highest BCUT2D eigenvalue weighted by Crippen LogP contribution is 2.21. The highest BCUT2D eigenvalue weighted by atomic mass is 16.2. The van der Waals surface area contributed by atoms with Gasteiger partial charge in [-0.25, -0.2) is 0 Å². The Balaban J connectivity index is 1.93. The number of amides is 2. The topological polar surface area (TPSA) is 49.4 Å². The normalized spacial score (nSPS) is 15.7. The molecule has 0 unspecified atom stereocenters. The number of carbonyl (C=O) groups is 2. The Morgan fingerprint density at radius 3 is 2.50 bits per heavy atom. The number of nitrogens with zero attached hydrogens (tertiary/aromatic N) is 1. The Kier molecular flexibility index (Phi) is 5.58. The number of rotatable bonds is 4. The lowest BCUT2D eigenvalue weighted by Gasteiger charge is -2.31. The zero-order chi connectivity index (χ0) is 16.1. The number of hydrogen-bond donors (Lipinski definition) is 1. The van der Waals surface area contributed by atoms with Crippen LogP contribution in [0.2, 0.25) is 0 Å². The molecule has 1 aromatic rings. The van der Waals surface area contributed by atoms with E-state index in [1.54, 1.807) is 0 Å². The zero-order valence-electron chi connectivity index (χ0n) is 13.8. The van der Waals surface area contributed by atoms with E-state index in [0.29, 0.717) is 13.1 Å². The largest absolute Gasteiger partial charge is 0.356 e. The van der Waals surface area contributed by atoms with Gasteiger partial charge in [0.15, 0.2) is 0 Å². The molecule has 0 bridgehead atoms. The summed E-state index contributed by atoms with van der Waals surface area (Å²) in [7, 11) is 0. The van der Waals surface area contributed by atoms with Crippen molar-refractivity contribution in [3.63, 3.8) is 0 Å². The molecule has 0 radical (unpaired) electrons. The molecule has 1 aliphatic rings. The fraction of sp³-hybridized carbons (Fsp3) is 0.556. The zero-order valence-corrected chi connectivity index (χ0v) is 13.8. The van der Waals surface area contributed by atoms with Gasteiger partial charge in [0.05, 0.1) is 0 Å². The van der Waals surface area contributed by atoms with Gasteiger partial charge in [0.2, 0.25) is 5.91 Å². The Morgan fingerprint density at radius 2 is 1.91 bits per heavy atom. The van der Waals surface area contributed by atoms with Crippen molar-refractivity contribution in [2.75, 3.05) is 19.6 Å². The predicted octanol–water partition coefficient (Wildman–Crippen LogP) is 2.68. The van der Waals surface area contributed by atoms with Gasteiger partial charge < -0.3 is 10.2 Å². The molecule has 1 aromatic carbocycles. The van der Waals surface area contributed by atoms with Crippen molar-refractivity contribution in [1.29, 1.82) is 0 Å². The average Bonchev–Trinajstić information content (AvgIpc) is 2.52. The summed E-state index contributed by atoms with van der Waals surface area (Å²) < 4.78 is 0. The first-order chi connectivity index (χ1) is 10.5. The van der Waals surface area contributed by atoms with Gasteiger partial charge in [0.1, 0.15) is 0 Å². The lowest BCUT2D eigenvalue weighted by molar-refractivity contribution is -0.126. The molecule has 1 heterocycles. The molecule has 0 aliphatic carbocycles. The minimum absolute atomic E-state index is 0.0507. The molecule has 1 aliphatic heterocycles. The molecular weight excluding hydrogens is 276 g/mol. The predicted molar refractivity (Wildman–Crippen MR) is 87.8 cm³/mol. The maximum Gasteiger partial charge on any atom is 0.254 e. The van der Waals surface area contributed by atoms with Crippen molar-refractivity contribution in [1.82, 2.24) is 10.2 Å². The molecule has 0 atom stereocenters. The Morgan fingerprint density at radius 1 is 1.23 bits per heavy atom. The van der Waals surface area contributed by atoms with Crippen molar-refractivity contribution in [2.24, 2.45) is 5.92 Å². The second-order valence-electron chi connectivity index (χ2n) is 6.18. The minimum Gasteiger partial charge on any atom is -0.356 e. The van der Waals surface area contributed by atoms with E-state index < -0.39 is 0 Å². The highest BCUT2D eigenvalue weighted by Gasteiger charge is 2.28. The van der Waals surface area contributed by atoms with Crippen molar-refractivity contribution < 1.29 is 9.59 Å². The summed E-state index contributed by atoms with van der Waals surface area (Å²) in [6.45, 7) is 8.12. The molecule has 2 amide bonds. The fourth-order valence-corrected chi connectivity index (χ4v) is 2.96. The Hall–Kier alpha value is -1.84. The van der Waals surface area contributed by atoms with Crippen LogP contribution in [0, 0.1) is 19.8 Å². The van der Waals surface area contributed by atoms with E-state index >= 15 is 0 Å². The molecule has 120 valence electrons. The van der Waals surface area contributed by atoms with Crippen LogP contribution < -0.4 is 5.32 Å². The SMILES string of the molecule is CCCNC(=O)C1CCN(C(=O)c2ccc(C)cc2C)CC1. The standard InChI is InChI=1S/C18H26N2O2/c1-4-9-19-17(21)15-7-10-20(11-8-15)18(22)16-6-5-13(2)12-14(16)3/h5-6,12,15H,4,7-11H2,1-3H3,(H,19,21). The molecule has 1 N–H and O–H groups in total. The molecule has 1 saturated heterocycles. The van der Waals surface area contributed by atoms with Crippen molar-refractivity contribution in [2.45, 2.75) is 40.0 Å². The highest BCUT2D eigenvalue weighted by molar-refractivity contribution is 5.96. The van der Waals surface area contributed by atoms with Crippen LogP contribution in [0.5, 0.6) is 0 Å². The van der Waals surface area contributed by atoms with Crippen LogP contribution >= 0.6 is 0 Å². The number of hydrogen-bond acceptors (Lipinski definition) is 2. The molecule has 0 aromatic heterocycles. The van der Waals surface area contributed by atoms with Crippen molar-refractivity contribution in [3.05, 3.63) is 34.9 Å². The summed E-state index contributed by atoms with van der Waals surface area (Å²) in [5.74, 6) is 0.278. The minimum atomic E-state index is 0.0507. The van der Waals surface area contributed by atoms with Gasteiger partial charge in [0.25, 0.3) is 5.91 Å². The lowest BCUT2D eigenvalue weighted by Crippen LogP contribution is -2.43. The van der Waals surface area contributed by atoms with E-state index in [9.17, 15) is 9.59 Å². The van der Waals surface area contributed by atoms with Crippen LogP contribution in [0.25, 0.3) is 0 Å². The Labute approximate surface area is 132 Å². The summed E-state index contributed by atoms with van der Waals surface area (Å²) in [6.07, 6.45) is 2.47. The van der Waals surface area contributed by atoms with Gasteiger partial charge in [-0.2, -0.15) is 0 Å². The van der Waals surface area contributed by atoms with Crippen LogP contribution in [0.15, 0.2) is 18.2 Å². The van der Waals surface area contributed by atoms with Crippen LogP contribution in [0.1, 0.15) is 47.7 Å². The molecule has 22 heavy (non-hydrogen) atoms. The number of aryl methyl sites for hydroxylation is 2. The van der Waals surface area contributed by atoms with Gasteiger partial charge in [-0.1, -0.05) is 24.6 Å². The number of carbonyl (C=O) groups excluding carboxylic acids is 2. The Bertz CT molecular complexity index is 546. The summed E-state index contributed by atoms with van der Waals surface area (Å²) in [5.41, 5.74) is 2.97. The van der Waals surface area contributed by atoms with Gasteiger partial charge in [-0.15, -0.1) is 0 Å². The van der Waals surface area contributed by atoms with Crippen molar-refractivity contribution in [3.8, 4) is 0 Å². The van der Waals surface area contributed by atoms with Crippen LogP contribution in [0.3, 0.4) is 0 Å². The van der Waals surface area contributed by atoms with Gasteiger partial charge >= 0.3 is 0 Å². The molecule has 2 rings (SSSR count). The average molecular weight is 302 g/mol. The van der Waals surface area contributed by atoms with E-state index in [0.717, 1.165) is 36.9 Å². The third-order valence-corrected chi connectivity index (χ3v) is 4.31. The first-order valence-electron chi connectivity index (χ1n) is 8.17. The van der Waals surface area contributed by atoms with E-state index in [-0.39, 0.29) is 17.7 Å². The third-order valence-electron chi connectivity index (χ3n) is 4.31. The number of likely N-dealkylation sites (tertiary alicyclic amines) is 1. The maximum atomic E-state index is 12.6. The van der Waals surface area contributed by atoms with Crippen LogP contribution in [-0.4, -0.2) is 36.3 Å². The molecule has 4 nitrogen and oxygen atoms in total. The summed E-state index contributed by atoms with van der Waals surface area (Å²) in [5, 5.41) is 2.95. The maximum absolute atomic E-state index is 12.6. The quantitative estimate of drug-likeness (QED) is 0.929. The number of piperidine rings is 1. The van der Waals surface area contributed by atoms with Crippen molar-refractivity contribution >= 4 is 11.8 Å². The van der Waals surface area contributed by atoms with E-state index in [4.69, 9.17) is 0 Å². The van der Waals surface area contributed by atoms with E-state index in [1.165, 1.54) is 5.56 Å². The van der Waals surface area contributed by atoms with Crippen LogP contribution in [-0.2, 0) is 4.79 Å².